The maximum absolute atomic E-state index is 12.7. The molecule has 4 heteroatoms. The lowest BCUT2D eigenvalue weighted by Crippen LogP contribution is -2.26. The van der Waals surface area contributed by atoms with Crippen LogP contribution >= 0.6 is 0 Å². The fraction of sp³-hybridized carbons (Fsp3) is 0.294. The smallest absolute Gasteiger partial charge is 0.206 e. The zero-order valence-electron chi connectivity index (χ0n) is 12.5. The number of rotatable bonds is 2. The molecule has 1 aliphatic heterocycles. The van der Waals surface area contributed by atoms with Crippen molar-refractivity contribution in [3.63, 3.8) is 0 Å². The largest absolute Gasteiger partial charge is 0.380 e. The minimum atomic E-state index is -3.44. The maximum atomic E-state index is 12.7. The van der Waals surface area contributed by atoms with Crippen molar-refractivity contribution >= 4 is 15.5 Å². The molecule has 0 spiro atoms. The molecule has 110 valence electrons. The molecular formula is C17H19NO2S. The van der Waals surface area contributed by atoms with E-state index in [1.165, 1.54) is 0 Å². The van der Waals surface area contributed by atoms with Crippen LogP contribution in [0.1, 0.15) is 25.0 Å². The van der Waals surface area contributed by atoms with Gasteiger partial charge in [-0.15, -0.1) is 0 Å². The zero-order valence-corrected chi connectivity index (χ0v) is 13.3. The summed E-state index contributed by atoms with van der Waals surface area (Å²) in [6.07, 6.45) is 0.833. The van der Waals surface area contributed by atoms with Crippen LogP contribution in [0.3, 0.4) is 0 Å². The minimum absolute atomic E-state index is 0.0193. The lowest BCUT2D eigenvalue weighted by atomic mass is 10.0. The lowest BCUT2D eigenvalue weighted by molar-refractivity contribution is 0.590. The first-order valence-electron chi connectivity index (χ1n) is 7.01. The monoisotopic (exact) mass is 301 g/mol. The number of hydrogen-bond donors (Lipinski definition) is 1. The van der Waals surface area contributed by atoms with Gasteiger partial charge in [-0.1, -0.05) is 17.7 Å². The summed E-state index contributed by atoms with van der Waals surface area (Å²) in [5.74, 6) is 0. The topological polar surface area (TPSA) is 46.2 Å². The Balaban J connectivity index is 2.04. The van der Waals surface area contributed by atoms with Crippen LogP contribution in [-0.2, 0) is 16.3 Å². The van der Waals surface area contributed by atoms with Crippen molar-refractivity contribution in [3.05, 3.63) is 53.6 Å². The van der Waals surface area contributed by atoms with E-state index in [0.29, 0.717) is 9.79 Å². The second-order valence-corrected chi connectivity index (χ2v) is 8.27. The van der Waals surface area contributed by atoms with E-state index in [1.54, 1.807) is 24.3 Å². The van der Waals surface area contributed by atoms with Gasteiger partial charge in [0.2, 0.25) is 9.84 Å². The Morgan fingerprint density at radius 1 is 1.00 bits per heavy atom. The van der Waals surface area contributed by atoms with Crippen LogP contribution in [-0.4, -0.2) is 14.0 Å². The third kappa shape index (κ3) is 2.56. The molecule has 0 aromatic heterocycles. The molecule has 0 atom stereocenters. The van der Waals surface area contributed by atoms with Gasteiger partial charge in [-0.2, -0.15) is 0 Å². The second kappa shape index (κ2) is 4.60. The molecular weight excluding hydrogens is 282 g/mol. The van der Waals surface area contributed by atoms with E-state index in [4.69, 9.17) is 0 Å². The van der Waals surface area contributed by atoms with Gasteiger partial charge in [0.25, 0.3) is 0 Å². The van der Waals surface area contributed by atoms with Gasteiger partial charge in [-0.05, 0) is 63.1 Å². The molecule has 21 heavy (non-hydrogen) atoms. The number of nitrogens with one attached hydrogen (secondary N) is 1. The van der Waals surface area contributed by atoms with Gasteiger partial charge in [-0.25, -0.2) is 8.42 Å². The van der Waals surface area contributed by atoms with Gasteiger partial charge < -0.3 is 5.32 Å². The van der Waals surface area contributed by atoms with E-state index < -0.39 is 9.84 Å². The minimum Gasteiger partial charge on any atom is -0.380 e. The lowest BCUT2D eigenvalue weighted by Gasteiger charge is -2.17. The van der Waals surface area contributed by atoms with Crippen LogP contribution in [0.15, 0.2) is 52.3 Å². The van der Waals surface area contributed by atoms with E-state index in [1.807, 2.05) is 25.1 Å². The Kier molecular flexibility index (Phi) is 3.10. The van der Waals surface area contributed by atoms with Crippen LogP contribution in [0.25, 0.3) is 0 Å². The average Bonchev–Trinajstić information content (AvgIpc) is 2.71. The van der Waals surface area contributed by atoms with Crippen molar-refractivity contribution in [2.75, 3.05) is 5.32 Å². The highest BCUT2D eigenvalue weighted by molar-refractivity contribution is 7.91. The summed E-state index contributed by atoms with van der Waals surface area (Å²) in [4.78, 5) is 0.711. The Bertz CT molecular complexity index is 790. The summed E-state index contributed by atoms with van der Waals surface area (Å²) in [6, 6.07) is 12.3. The fourth-order valence-electron chi connectivity index (χ4n) is 2.74. The third-order valence-electron chi connectivity index (χ3n) is 3.82. The van der Waals surface area contributed by atoms with Gasteiger partial charge in [0.15, 0.2) is 0 Å². The molecule has 0 aliphatic carbocycles. The van der Waals surface area contributed by atoms with Crippen LogP contribution < -0.4 is 5.32 Å². The van der Waals surface area contributed by atoms with Crippen molar-refractivity contribution in [1.29, 1.82) is 0 Å². The molecule has 3 nitrogen and oxygen atoms in total. The standard InChI is InChI=1S/C17H19NO2S/c1-12-4-6-14(7-5-12)21(19,20)15-8-9-16-13(10-15)11-17(2,3)18-16/h4-10,18H,11H2,1-3H3. The summed E-state index contributed by atoms with van der Waals surface area (Å²) in [6.45, 7) is 6.17. The van der Waals surface area contributed by atoms with Crippen molar-refractivity contribution in [3.8, 4) is 0 Å². The normalized spacial score (nSPS) is 16.3. The first kappa shape index (κ1) is 14.1. The van der Waals surface area contributed by atoms with Crippen LogP contribution in [0.5, 0.6) is 0 Å². The van der Waals surface area contributed by atoms with E-state index in [9.17, 15) is 8.42 Å². The second-order valence-electron chi connectivity index (χ2n) is 6.32. The van der Waals surface area contributed by atoms with Gasteiger partial charge in [-0.3, -0.25) is 0 Å². The highest BCUT2D eigenvalue weighted by atomic mass is 32.2. The van der Waals surface area contributed by atoms with Gasteiger partial charge >= 0.3 is 0 Å². The number of hydrogen-bond acceptors (Lipinski definition) is 3. The first-order chi connectivity index (χ1) is 9.78. The molecule has 0 fully saturated rings. The first-order valence-corrected chi connectivity index (χ1v) is 8.49. The van der Waals surface area contributed by atoms with Crippen LogP contribution in [0.4, 0.5) is 5.69 Å². The number of aryl methyl sites for hydroxylation is 1. The highest BCUT2D eigenvalue weighted by Crippen LogP contribution is 2.34. The van der Waals surface area contributed by atoms with Crippen molar-refractivity contribution in [2.45, 2.75) is 42.5 Å². The number of fused-ring (bicyclic) bond motifs is 1. The molecule has 0 saturated carbocycles. The molecule has 0 saturated heterocycles. The molecule has 0 bridgehead atoms. The average molecular weight is 301 g/mol. The van der Waals surface area contributed by atoms with E-state index in [-0.39, 0.29) is 5.54 Å². The summed E-state index contributed by atoms with van der Waals surface area (Å²) in [5, 5.41) is 3.40. The van der Waals surface area contributed by atoms with Gasteiger partial charge in [0.1, 0.15) is 0 Å². The molecule has 0 unspecified atom stereocenters. The number of benzene rings is 2. The molecule has 0 amide bonds. The Morgan fingerprint density at radius 2 is 1.62 bits per heavy atom. The summed E-state index contributed by atoms with van der Waals surface area (Å²) >= 11 is 0. The predicted octanol–water partition coefficient (Wildman–Crippen LogP) is 3.57. The van der Waals surface area contributed by atoms with E-state index >= 15 is 0 Å². The Labute approximate surface area is 125 Å². The van der Waals surface area contributed by atoms with Crippen LogP contribution in [0.2, 0.25) is 0 Å². The molecule has 0 radical (unpaired) electrons. The fourth-order valence-corrected chi connectivity index (χ4v) is 4.05. The molecule has 1 heterocycles. The van der Waals surface area contributed by atoms with Gasteiger partial charge in [0, 0.05) is 11.2 Å². The predicted molar refractivity (Wildman–Crippen MR) is 84.5 cm³/mol. The molecule has 1 N–H and O–H groups in total. The Hall–Kier alpha value is -1.81. The van der Waals surface area contributed by atoms with Crippen molar-refractivity contribution in [2.24, 2.45) is 0 Å². The van der Waals surface area contributed by atoms with E-state index in [0.717, 1.165) is 23.2 Å². The van der Waals surface area contributed by atoms with Crippen molar-refractivity contribution in [1.82, 2.24) is 0 Å². The van der Waals surface area contributed by atoms with Crippen molar-refractivity contribution < 1.29 is 8.42 Å². The zero-order chi connectivity index (χ0) is 15.3. The molecule has 2 aromatic carbocycles. The summed E-state index contributed by atoms with van der Waals surface area (Å²) in [7, 11) is -3.44. The number of anilines is 1. The SMILES string of the molecule is Cc1ccc(S(=O)(=O)c2ccc3c(c2)CC(C)(C)N3)cc1. The highest BCUT2D eigenvalue weighted by Gasteiger charge is 2.29. The summed E-state index contributed by atoms with van der Waals surface area (Å²) < 4.78 is 25.4. The van der Waals surface area contributed by atoms with E-state index in [2.05, 4.69) is 19.2 Å². The molecule has 2 aromatic rings. The van der Waals surface area contributed by atoms with Gasteiger partial charge in [0.05, 0.1) is 9.79 Å². The van der Waals surface area contributed by atoms with Crippen LogP contribution in [0, 0.1) is 6.92 Å². The molecule has 3 rings (SSSR count). The quantitative estimate of drug-likeness (QED) is 0.922. The Morgan fingerprint density at radius 3 is 2.29 bits per heavy atom. The maximum Gasteiger partial charge on any atom is 0.206 e. The summed E-state index contributed by atoms with van der Waals surface area (Å²) in [5.41, 5.74) is 3.12. The molecule has 1 aliphatic rings. The third-order valence-corrected chi connectivity index (χ3v) is 5.59. The number of sulfone groups is 1.